The van der Waals surface area contributed by atoms with Gasteiger partial charge in [0, 0.05) is 23.5 Å². The van der Waals surface area contributed by atoms with E-state index in [0.717, 1.165) is 0 Å². The van der Waals surface area contributed by atoms with Gasteiger partial charge in [0.1, 0.15) is 30.8 Å². The predicted molar refractivity (Wildman–Crippen MR) is 124 cm³/mol. The van der Waals surface area contributed by atoms with Gasteiger partial charge in [-0.1, -0.05) is 12.1 Å². The molecule has 1 atom stereocenters. The quantitative estimate of drug-likeness (QED) is 0.352. The first-order valence-electron chi connectivity index (χ1n) is 10.9. The topological polar surface area (TPSA) is 98.2 Å². The first-order valence-corrected chi connectivity index (χ1v) is 10.9. The Morgan fingerprint density at radius 2 is 1.88 bits per heavy atom. The summed E-state index contributed by atoms with van der Waals surface area (Å²) in [6.45, 7) is 3.13. The second kappa shape index (κ2) is 8.90. The molecule has 5 rings (SSSR count). The van der Waals surface area contributed by atoms with Gasteiger partial charge < -0.3 is 19.3 Å². The summed E-state index contributed by atoms with van der Waals surface area (Å²) in [6, 6.07) is 16.1. The van der Waals surface area contributed by atoms with Crippen LogP contribution in [-0.4, -0.2) is 41.6 Å². The minimum absolute atomic E-state index is 0.0535. The minimum atomic E-state index is -0.925. The fraction of sp³-hybridized carbons (Fsp3) is 0.192. The molecular weight excluding hydrogens is 436 g/mol. The van der Waals surface area contributed by atoms with E-state index in [1.807, 2.05) is 6.92 Å². The molecule has 0 radical (unpaired) electrons. The molecule has 3 heterocycles. The molecule has 1 saturated heterocycles. The third kappa shape index (κ3) is 3.73. The normalized spacial score (nSPS) is 18.7. The van der Waals surface area contributed by atoms with Crippen molar-refractivity contribution in [3.8, 4) is 17.2 Å². The Morgan fingerprint density at radius 1 is 1.06 bits per heavy atom. The summed E-state index contributed by atoms with van der Waals surface area (Å²) < 4.78 is 16.7. The van der Waals surface area contributed by atoms with Crippen LogP contribution in [0.4, 0.5) is 5.69 Å². The fourth-order valence-electron chi connectivity index (χ4n) is 4.15. The summed E-state index contributed by atoms with van der Waals surface area (Å²) in [5, 5.41) is 11.3. The molecule has 172 valence electrons. The van der Waals surface area contributed by atoms with Gasteiger partial charge in [-0.25, -0.2) is 0 Å². The van der Waals surface area contributed by atoms with Crippen LogP contribution in [0, 0.1) is 0 Å². The Morgan fingerprint density at radius 3 is 2.65 bits per heavy atom. The van der Waals surface area contributed by atoms with Gasteiger partial charge in [0.2, 0.25) is 0 Å². The Labute approximate surface area is 196 Å². The Kier molecular flexibility index (Phi) is 5.63. The molecule has 1 N–H and O–H groups in total. The van der Waals surface area contributed by atoms with Crippen molar-refractivity contribution >= 4 is 23.1 Å². The van der Waals surface area contributed by atoms with E-state index < -0.39 is 17.7 Å². The van der Waals surface area contributed by atoms with Crippen molar-refractivity contribution in [3.05, 3.63) is 83.7 Å². The molecule has 1 unspecified atom stereocenters. The first-order chi connectivity index (χ1) is 16.6. The summed E-state index contributed by atoms with van der Waals surface area (Å²) in [5.74, 6) is -0.295. The number of carbonyl (C=O) groups is 2. The lowest BCUT2D eigenvalue weighted by molar-refractivity contribution is -0.132. The van der Waals surface area contributed by atoms with Gasteiger partial charge >= 0.3 is 0 Å². The largest absolute Gasteiger partial charge is 0.507 e. The number of ketones is 1. The third-order valence-electron chi connectivity index (χ3n) is 5.63. The molecule has 0 aliphatic carbocycles. The second-order valence-electron chi connectivity index (χ2n) is 7.71. The Bertz CT molecular complexity index is 1290. The number of aromatic nitrogens is 1. The summed E-state index contributed by atoms with van der Waals surface area (Å²) >= 11 is 0. The van der Waals surface area contributed by atoms with Gasteiger partial charge in [-0.05, 0) is 49.4 Å². The molecule has 2 aliphatic rings. The summed E-state index contributed by atoms with van der Waals surface area (Å²) in [4.78, 5) is 32.3. The summed E-state index contributed by atoms with van der Waals surface area (Å²) in [5.41, 5.74) is 1.20. The average Bonchev–Trinajstić information content (AvgIpc) is 3.14. The van der Waals surface area contributed by atoms with Crippen molar-refractivity contribution in [2.45, 2.75) is 13.0 Å². The van der Waals surface area contributed by atoms with E-state index in [1.165, 1.54) is 4.90 Å². The van der Waals surface area contributed by atoms with Crippen molar-refractivity contribution in [1.29, 1.82) is 0 Å². The standard InChI is InChI=1S/C26H22N2O6/c1-2-32-18-7-5-6-17(15-18)28-23(19-8-3-4-11-27-19)22(25(30)26(28)31)24(29)16-9-10-20-21(14-16)34-13-12-33-20/h3-11,14-15,23,29H,2,12-13H2,1H3/b24-22-. The highest BCUT2D eigenvalue weighted by molar-refractivity contribution is 6.51. The number of aliphatic hydroxyl groups excluding tert-OH is 1. The van der Waals surface area contributed by atoms with Gasteiger partial charge in [0.15, 0.2) is 11.5 Å². The second-order valence-corrected chi connectivity index (χ2v) is 7.71. The first kappa shape index (κ1) is 21.5. The molecule has 1 amide bonds. The van der Waals surface area contributed by atoms with E-state index in [-0.39, 0.29) is 11.3 Å². The number of hydrogen-bond donors (Lipinski definition) is 1. The van der Waals surface area contributed by atoms with Crippen LogP contribution in [0.25, 0.3) is 5.76 Å². The number of Topliss-reactive ketones (excluding diaryl/α,β-unsaturated/α-hetero) is 1. The van der Waals surface area contributed by atoms with E-state index >= 15 is 0 Å². The van der Waals surface area contributed by atoms with Gasteiger partial charge in [0.05, 0.1) is 17.9 Å². The molecule has 3 aromatic rings. The van der Waals surface area contributed by atoms with E-state index in [9.17, 15) is 14.7 Å². The molecule has 0 bridgehead atoms. The highest BCUT2D eigenvalue weighted by Gasteiger charge is 2.47. The van der Waals surface area contributed by atoms with Crippen molar-refractivity contribution in [3.63, 3.8) is 0 Å². The van der Waals surface area contributed by atoms with Crippen LogP contribution in [0.2, 0.25) is 0 Å². The number of amides is 1. The van der Waals surface area contributed by atoms with Crippen LogP contribution in [0.1, 0.15) is 24.2 Å². The number of hydrogen-bond acceptors (Lipinski definition) is 7. The lowest BCUT2D eigenvalue weighted by Gasteiger charge is -2.25. The SMILES string of the molecule is CCOc1cccc(N2C(=O)C(=O)/C(=C(\O)c3ccc4c(c3)OCCO4)C2c2ccccn2)c1. The van der Waals surface area contributed by atoms with Crippen LogP contribution in [0.3, 0.4) is 0 Å². The van der Waals surface area contributed by atoms with E-state index in [2.05, 4.69) is 4.98 Å². The smallest absolute Gasteiger partial charge is 0.300 e. The summed E-state index contributed by atoms with van der Waals surface area (Å²) in [6.07, 6.45) is 1.58. The van der Waals surface area contributed by atoms with Crippen LogP contribution >= 0.6 is 0 Å². The molecule has 8 heteroatoms. The number of anilines is 1. The van der Waals surface area contributed by atoms with Gasteiger partial charge in [-0.2, -0.15) is 0 Å². The zero-order valence-corrected chi connectivity index (χ0v) is 18.4. The van der Waals surface area contributed by atoms with Crippen LogP contribution in [0.15, 0.2) is 72.4 Å². The molecule has 2 aromatic carbocycles. The molecule has 2 aliphatic heterocycles. The monoisotopic (exact) mass is 458 g/mol. The van der Waals surface area contributed by atoms with Crippen molar-refractivity contribution in [2.24, 2.45) is 0 Å². The number of pyridine rings is 1. The fourth-order valence-corrected chi connectivity index (χ4v) is 4.15. The maximum atomic E-state index is 13.3. The van der Waals surface area contributed by atoms with E-state index in [0.29, 0.717) is 54.0 Å². The van der Waals surface area contributed by atoms with E-state index in [1.54, 1.807) is 66.9 Å². The lowest BCUT2D eigenvalue weighted by atomic mass is 9.98. The number of fused-ring (bicyclic) bond motifs is 1. The number of rotatable bonds is 5. The molecular formula is C26H22N2O6. The van der Waals surface area contributed by atoms with Crippen LogP contribution in [0.5, 0.6) is 17.2 Å². The molecule has 0 spiro atoms. The van der Waals surface area contributed by atoms with Gasteiger partial charge in [-0.15, -0.1) is 0 Å². The molecule has 8 nitrogen and oxygen atoms in total. The number of ether oxygens (including phenoxy) is 3. The number of carbonyl (C=O) groups excluding carboxylic acids is 2. The number of benzene rings is 2. The molecule has 34 heavy (non-hydrogen) atoms. The van der Waals surface area contributed by atoms with Gasteiger partial charge in [0.25, 0.3) is 11.7 Å². The van der Waals surface area contributed by atoms with Crippen molar-refractivity contribution < 1.29 is 28.9 Å². The highest BCUT2D eigenvalue weighted by Crippen LogP contribution is 2.43. The molecule has 1 fully saturated rings. The van der Waals surface area contributed by atoms with Crippen molar-refractivity contribution in [2.75, 3.05) is 24.7 Å². The lowest BCUT2D eigenvalue weighted by Crippen LogP contribution is -2.29. The zero-order chi connectivity index (χ0) is 23.7. The molecule has 0 saturated carbocycles. The Balaban J connectivity index is 1.66. The highest BCUT2D eigenvalue weighted by atomic mass is 16.6. The average molecular weight is 458 g/mol. The Hall–Kier alpha value is -4.33. The number of nitrogens with zero attached hydrogens (tertiary/aromatic N) is 2. The van der Waals surface area contributed by atoms with Gasteiger partial charge in [-0.3, -0.25) is 19.5 Å². The third-order valence-corrected chi connectivity index (χ3v) is 5.63. The minimum Gasteiger partial charge on any atom is -0.507 e. The van der Waals surface area contributed by atoms with Crippen LogP contribution in [-0.2, 0) is 9.59 Å². The maximum absolute atomic E-state index is 13.3. The number of aliphatic hydroxyl groups is 1. The summed E-state index contributed by atoms with van der Waals surface area (Å²) in [7, 11) is 0. The molecule has 1 aromatic heterocycles. The zero-order valence-electron chi connectivity index (χ0n) is 18.4. The van der Waals surface area contributed by atoms with E-state index in [4.69, 9.17) is 14.2 Å². The maximum Gasteiger partial charge on any atom is 0.300 e. The van der Waals surface area contributed by atoms with Crippen molar-refractivity contribution in [1.82, 2.24) is 4.98 Å². The predicted octanol–water partition coefficient (Wildman–Crippen LogP) is 3.88. The van der Waals surface area contributed by atoms with Crippen LogP contribution < -0.4 is 19.1 Å².